The molecule has 0 radical (unpaired) electrons. The fraction of sp³-hybridized carbons (Fsp3) is 0.222. The van der Waals surface area contributed by atoms with Crippen molar-refractivity contribution < 1.29 is 13.2 Å². The molecule has 11 heteroatoms. The van der Waals surface area contributed by atoms with Crippen LogP contribution >= 0.6 is 11.6 Å². The summed E-state index contributed by atoms with van der Waals surface area (Å²) < 4.78 is 28.6. The maximum absolute atomic E-state index is 13.7. The Labute approximate surface area is 279 Å². The van der Waals surface area contributed by atoms with Gasteiger partial charge in [0.05, 0.1) is 34.5 Å². The minimum atomic E-state index is -4.09. The number of benzene rings is 4. The Bertz CT molecular complexity index is 2070. The highest BCUT2D eigenvalue weighted by Crippen LogP contribution is 2.29. The number of piperazine rings is 1. The number of fused-ring (bicyclic) bond motifs is 1. The van der Waals surface area contributed by atoms with E-state index in [2.05, 4.69) is 16.0 Å². The summed E-state index contributed by atoms with van der Waals surface area (Å²) in [6.45, 7) is 4.14. The van der Waals surface area contributed by atoms with Gasteiger partial charge in [0, 0.05) is 35.3 Å². The molecule has 0 saturated carbocycles. The third-order valence-electron chi connectivity index (χ3n) is 8.10. The lowest BCUT2D eigenvalue weighted by Crippen LogP contribution is -2.57. The van der Waals surface area contributed by atoms with Crippen molar-refractivity contribution in [3.63, 3.8) is 0 Å². The van der Waals surface area contributed by atoms with Crippen LogP contribution in [0.3, 0.4) is 0 Å². The number of hydrogen-bond acceptors (Lipinski definition) is 6. The predicted octanol–water partition coefficient (Wildman–Crippen LogP) is 6.70. The number of hydrogen-bond donors (Lipinski definition) is 1. The number of rotatable bonds is 9. The van der Waals surface area contributed by atoms with Crippen LogP contribution in [0.2, 0.25) is 5.02 Å². The molecule has 1 saturated heterocycles. The van der Waals surface area contributed by atoms with Crippen molar-refractivity contribution in [2.75, 3.05) is 13.1 Å². The molecule has 1 fully saturated rings. The van der Waals surface area contributed by atoms with Gasteiger partial charge in [-0.1, -0.05) is 92.2 Å². The number of aromatic amines is 1. The van der Waals surface area contributed by atoms with Crippen molar-refractivity contribution in [3.8, 4) is 6.07 Å². The SMILES string of the molecule is CC(C)C[C@@H]1CN(S(=O)(=O)c2nc3ccc(Cl)cc3[nH]2)CC(=O)N1Cc1ccc(C#N)c(N=C(c2ccccc2)c2ccccc2)c1. The first-order valence-electron chi connectivity index (χ1n) is 15.3. The largest absolute Gasteiger partial charge is 0.333 e. The second-order valence-corrected chi connectivity index (χ2v) is 14.3. The van der Waals surface area contributed by atoms with Gasteiger partial charge in [-0.25, -0.2) is 18.4 Å². The van der Waals surface area contributed by atoms with Crippen LogP contribution in [0.4, 0.5) is 5.69 Å². The van der Waals surface area contributed by atoms with Gasteiger partial charge in [0.15, 0.2) is 0 Å². The summed E-state index contributed by atoms with van der Waals surface area (Å²) >= 11 is 6.09. The lowest BCUT2D eigenvalue weighted by molar-refractivity contribution is -0.138. The normalized spacial score (nSPS) is 15.6. The number of nitrogens with zero attached hydrogens (tertiary/aromatic N) is 5. The first-order valence-corrected chi connectivity index (χ1v) is 17.1. The van der Waals surface area contributed by atoms with Gasteiger partial charge in [0.25, 0.3) is 10.0 Å². The van der Waals surface area contributed by atoms with Gasteiger partial charge in [-0.2, -0.15) is 9.57 Å². The highest BCUT2D eigenvalue weighted by molar-refractivity contribution is 7.89. The van der Waals surface area contributed by atoms with Crippen LogP contribution in [0.1, 0.15) is 42.5 Å². The zero-order valence-electron chi connectivity index (χ0n) is 26.0. The van der Waals surface area contributed by atoms with Gasteiger partial charge in [-0.15, -0.1) is 0 Å². The third kappa shape index (κ3) is 6.98. The Morgan fingerprint density at radius 1 is 1.02 bits per heavy atom. The molecular weight excluding hydrogens is 632 g/mol. The molecular formula is C36H33ClN6O3S. The van der Waals surface area contributed by atoms with Gasteiger partial charge in [0.2, 0.25) is 11.1 Å². The number of nitrogens with one attached hydrogen (secondary N) is 1. The number of aromatic nitrogens is 2. The summed E-state index contributed by atoms with van der Waals surface area (Å²) in [5.41, 5.74) is 5.20. The third-order valence-corrected chi connectivity index (χ3v) is 9.97. The van der Waals surface area contributed by atoms with E-state index in [0.29, 0.717) is 33.7 Å². The minimum Gasteiger partial charge on any atom is -0.333 e. The van der Waals surface area contributed by atoms with Crippen LogP contribution in [0, 0.1) is 17.2 Å². The van der Waals surface area contributed by atoms with E-state index in [-0.39, 0.29) is 42.7 Å². The molecule has 47 heavy (non-hydrogen) atoms. The maximum Gasteiger partial charge on any atom is 0.277 e. The Morgan fingerprint density at radius 2 is 1.70 bits per heavy atom. The fourth-order valence-electron chi connectivity index (χ4n) is 5.86. The molecule has 1 aromatic heterocycles. The molecule has 0 unspecified atom stereocenters. The standard InChI is InChI=1S/C36H33ClN6O3S/c1-24(2)17-30-22-42(47(45,46)36-40-31-16-15-29(37)19-33(31)41-36)23-34(44)43(30)21-25-13-14-28(20-38)32(18-25)39-35(26-9-5-3-6-10-26)27-11-7-4-8-12-27/h3-16,18-19,24,30H,17,21-23H2,1-2H3,(H,40,41)/t30-/m1/s1. The molecule has 1 aliphatic heterocycles. The van der Waals surface area contributed by atoms with E-state index in [1.54, 1.807) is 29.2 Å². The lowest BCUT2D eigenvalue weighted by Gasteiger charge is -2.41. The predicted molar refractivity (Wildman–Crippen MR) is 183 cm³/mol. The number of halogens is 1. The number of imidazole rings is 1. The number of sulfonamides is 1. The molecule has 0 spiro atoms. The van der Waals surface area contributed by atoms with Gasteiger partial charge in [-0.3, -0.25) is 4.79 Å². The quantitative estimate of drug-likeness (QED) is 0.176. The molecule has 9 nitrogen and oxygen atoms in total. The Kier molecular flexibility index (Phi) is 9.23. The van der Waals surface area contributed by atoms with E-state index in [1.165, 1.54) is 4.31 Å². The Hall–Kier alpha value is -4.82. The topological polar surface area (TPSA) is 123 Å². The summed E-state index contributed by atoms with van der Waals surface area (Å²) in [6, 6.07) is 31.7. The van der Waals surface area contributed by atoms with Crippen LogP contribution < -0.4 is 0 Å². The van der Waals surface area contributed by atoms with E-state index in [4.69, 9.17) is 16.6 Å². The van der Waals surface area contributed by atoms with Crippen LogP contribution in [-0.4, -0.2) is 58.3 Å². The van der Waals surface area contributed by atoms with E-state index in [0.717, 1.165) is 22.4 Å². The molecule has 4 aromatic carbocycles. The van der Waals surface area contributed by atoms with E-state index < -0.39 is 10.0 Å². The second kappa shape index (κ2) is 13.5. The van der Waals surface area contributed by atoms with Gasteiger partial charge in [0.1, 0.15) is 6.07 Å². The van der Waals surface area contributed by atoms with Crippen molar-refractivity contribution in [2.45, 2.75) is 38.0 Å². The number of carbonyl (C=O) groups is 1. The number of nitriles is 1. The van der Waals surface area contributed by atoms with Gasteiger partial charge >= 0.3 is 0 Å². The first-order chi connectivity index (χ1) is 22.6. The Morgan fingerprint density at radius 3 is 2.34 bits per heavy atom. The monoisotopic (exact) mass is 664 g/mol. The zero-order valence-corrected chi connectivity index (χ0v) is 27.5. The van der Waals surface area contributed by atoms with Crippen LogP contribution in [-0.2, 0) is 21.4 Å². The van der Waals surface area contributed by atoms with Crippen molar-refractivity contribution >= 4 is 50.0 Å². The molecule has 238 valence electrons. The molecule has 1 aliphatic rings. The average Bonchev–Trinajstić information content (AvgIpc) is 3.50. The first kappa shape index (κ1) is 32.1. The number of aliphatic imine (C=N–C) groups is 1. The molecule has 1 atom stereocenters. The molecule has 2 heterocycles. The summed E-state index contributed by atoms with van der Waals surface area (Å²) in [6.07, 6.45) is 0.598. The van der Waals surface area contributed by atoms with Crippen molar-refractivity contribution in [2.24, 2.45) is 10.9 Å². The highest BCUT2D eigenvalue weighted by atomic mass is 35.5. The van der Waals surface area contributed by atoms with Crippen molar-refractivity contribution in [1.29, 1.82) is 5.26 Å². The molecule has 0 bridgehead atoms. The van der Waals surface area contributed by atoms with Crippen LogP contribution in [0.15, 0.2) is 107 Å². The Balaban J connectivity index is 1.31. The smallest absolute Gasteiger partial charge is 0.277 e. The van der Waals surface area contributed by atoms with E-state index in [1.807, 2.05) is 86.6 Å². The molecule has 0 aliphatic carbocycles. The molecule has 1 amide bonds. The van der Waals surface area contributed by atoms with Crippen molar-refractivity contribution in [1.82, 2.24) is 19.2 Å². The molecule has 6 rings (SSSR count). The van der Waals surface area contributed by atoms with E-state index >= 15 is 0 Å². The molecule has 5 aromatic rings. The van der Waals surface area contributed by atoms with Crippen molar-refractivity contribution in [3.05, 3.63) is 124 Å². The van der Waals surface area contributed by atoms with Gasteiger partial charge in [-0.05, 0) is 48.2 Å². The maximum atomic E-state index is 13.7. The summed E-state index contributed by atoms with van der Waals surface area (Å²) in [4.78, 5) is 27.6. The van der Waals surface area contributed by atoms with Gasteiger partial charge < -0.3 is 9.88 Å². The number of carbonyl (C=O) groups excluding carboxylic acids is 1. The second-order valence-electron chi connectivity index (χ2n) is 12.0. The molecule has 1 N–H and O–H groups in total. The number of amides is 1. The van der Waals surface area contributed by atoms with Crippen LogP contribution in [0.5, 0.6) is 0 Å². The average molecular weight is 665 g/mol. The van der Waals surface area contributed by atoms with Crippen LogP contribution in [0.25, 0.3) is 11.0 Å². The number of H-pyrrole nitrogens is 1. The minimum absolute atomic E-state index is 0.123. The highest BCUT2D eigenvalue weighted by Gasteiger charge is 2.40. The summed E-state index contributed by atoms with van der Waals surface area (Å²) in [7, 11) is -4.09. The van der Waals surface area contributed by atoms with E-state index in [9.17, 15) is 18.5 Å². The lowest BCUT2D eigenvalue weighted by atomic mass is 9.99. The zero-order chi connectivity index (χ0) is 33.1. The summed E-state index contributed by atoms with van der Waals surface area (Å²) in [5, 5.41) is 10.2. The summed E-state index contributed by atoms with van der Waals surface area (Å²) in [5.74, 6) is -0.111. The fourth-order valence-corrected chi connectivity index (χ4v) is 7.38.